The van der Waals surface area contributed by atoms with E-state index in [1.54, 1.807) is 0 Å². The van der Waals surface area contributed by atoms with Gasteiger partial charge >= 0.3 is 12.0 Å². The number of hydrogen-bond donors (Lipinski definition) is 2. The predicted molar refractivity (Wildman–Crippen MR) is 67.2 cm³/mol. The van der Waals surface area contributed by atoms with Gasteiger partial charge in [0.15, 0.2) is 0 Å². The van der Waals surface area contributed by atoms with Crippen LogP contribution in [0.1, 0.15) is 39.5 Å². The molecule has 1 saturated carbocycles. The summed E-state index contributed by atoms with van der Waals surface area (Å²) in [6.07, 6.45) is 3.85. The lowest BCUT2D eigenvalue weighted by atomic mass is 10.0. The number of piperidine rings is 1. The van der Waals surface area contributed by atoms with Crippen LogP contribution in [0.4, 0.5) is 4.79 Å². The SMILES string of the molecule is CC(C)C[C@H](NC(=O)N1CC2CCC1C2)C(=O)O. The number of hydrogen-bond acceptors (Lipinski definition) is 2. The van der Waals surface area contributed by atoms with Crippen molar-refractivity contribution in [3.63, 3.8) is 0 Å². The number of carboxylic acid groups (broad SMARTS) is 1. The Balaban J connectivity index is 1.91. The zero-order valence-corrected chi connectivity index (χ0v) is 11.1. The molecule has 2 amide bonds. The van der Waals surface area contributed by atoms with E-state index in [1.807, 2.05) is 18.7 Å². The Morgan fingerprint density at radius 1 is 1.39 bits per heavy atom. The highest BCUT2D eigenvalue weighted by molar-refractivity contribution is 5.83. The number of nitrogens with zero attached hydrogens (tertiary/aromatic N) is 1. The van der Waals surface area contributed by atoms with E-state index in [9.17, 15) is 9.59 Å². The van der Waals surface area contributed by atoms with E-state index in [0.717, 1.165) is 19.4 Å². The zero-order chi connectivity index (χ0) is 13.3. The Bertz CT molecular complexity index is 343. The lowest BCUT2D eigenvalue weighted by Crippen LogP contribution is -2.50. The van der Waals surface area contributed by atoms with Crippen LogP contribution in [0.3, 0.4) is 0 Å². The van der Waals surface area contributed by atoms with Gasteiger partial charge in [0.1, 0.15) is 6.04 Å². The van der Waals surface area contributed by atoms with Crippen molar-refractivity contribution in [2.45, 2.75) is 51.6 Å². The predicted octanol–water partition coefficient (Wildman–Crippen LogP) is 1.68. The Morgan fingerprint density at radius 3 is 2.56 bits per heavy atom. The molecule has 2 aliphatic rings. The Morgan fingerprint density at radius 2 is 2.11 bits per heavy atom. The standard InChI is InChI=1S/C13H22N2O3/c1-8(2)5-11(12(16)17)14-13(18)15-7-9-3-4-10(15)6-9/h8-11H,3-7H2,1-2H3,(H,14,18)(H,16,17)/t9?,10?,11-/m0/s1. The largest absolute Gasteiger partial charge is 0.480 e. The summed E-state index contributed by atoms with van der Waals surface area (Å²) in [4.78, 5) is 25.0. The van der Waals surface area contributed by atoms with Gasteiger partial charge in [0, 0.05) is 12.6 Å². The Kier molecular flexibility index (Phi) is 3.78. The van der Waals surface area contributed by atoms with E-state index in [-0.39, 0.29) is 11.9 Å². The summed E-state index contributed by atoms with van der Waals surface area (Å²) in [6.45, 7) is 4.71. The van der Waals surface area contributed by atoms with Crippen LogP contribution in [-0.2, 0) is 4.79 Å². The van der Waals surface area contributed by atoms with Gasteiger partial charge in [-0.15, -0.1) is 0 Å². The van der Waals surface area contributed by atoms with E-state index in [4.69, 9.17) is 5.11 Å². The number of carboxylic acids is 1. The number of carbonyl (C=O) groups excluding carboxylic acids is 1. The van der Waals surface area contributed by atoms with Crippen molar-refractivity contribution < 1.29 is 14.7 Å². The smallest absolute Gasteiger partial charge is 0.326 e. The summed E-state index contributed by atoms with van der Waals surface area (Å²) in [7, 11) is 0. The molecule has 1 saturated heterocycles. The van der Waals surface area contributed by atoms with Crippen LogP contribution < -0.4 is 5.32 Å². The van der Waals surface area contributed by atoms with Crippen LogP contribution in [0.2, 0.25) is 0 Å². The van der Waals surface area contributed by atoms with Crippen LogP contribution in [0.5, 0.6) is 0 Å². The van der Waals surface area contributed by atoms with Crippen LogP contribution >= 0.6 is 0 Å². The second-order valence-electron chi connectivity index (χ2n) is 5.96. The number of urea groups is 1. The molecule has 1 aliphatic carbocycles. The average Bonchev–Trinajstić information content (AvgIpc) is 2.88. The molecule has 18 heavy (non-hydrogen) atoms. The number of amides is 2. The minimum absolute atomic E-state index is 0.199. The molecule has 2 N–H and O–H groups in total. The van der Waals surface area contributed by atoms with Crippen molar-refractivity contribution in [3.8, 4) is 0 Å². The third-order valence-electron chi connectivity index (χ3n) is 3.97. The Hall–Kier alpha value is -1.26. The summed E-state index contributed by atoms with van der Waals surface area (Å²) in [6, 6.07) is -0.629. The first-order valence-electron chi connectivity index (χ1n) is 6.77. The van der Waals surface area contributed by atoms with Gasteiger partial charge in [-0.25, -0.2) is 9.59 Å². The fourth-order valence-corrected chi connectivity index (χ4v) is 3.10. The number of nitrogens with one attached hydrogen (secondary N) is 1. The van der Waals surface area contributed by atoms with Crippen molar-refractivity contribution in [2.24, 2.45) is 11.8 Å². The molecule has 5 nitrogen and oxygen atoms in total. The van der Waals surface area contributed by atoms with Crippen molar-refractivity contribution in [3.05, 3.63) is 0 Å². The zero-order valence-electron chi connectivity index (χ0n) is 11.1. The average molecular weight is 254 g/mol. The lowest BCUT2D eigenvalue weighted by Gasteiger charge is -2.29. The molecule has 2 rings (SSSR count). The van der Waals surface area contributed by atoms with Gasteiger partial charge in [-0.2, -0.15) is 0 Å². The highest BCUT2D eigenvalue weighted by Gasteiger charge is 2.41. The minimum Gasteiger partial charge on any atom is -0.480 e. The summed E-state index contributed by atoms with van der Waals surface area (Å²) in [5.74, 6) is -0.0584. The second kappa shape index (κ2) is 5.16. The van der Waals surface area contributed by atoms with Gasteiger partial charge in [0.05, 0.1) is 0 Å². The first-order valence-corrected chi connectivity index (χ1v) is 6.77. The Labute approximate surface area is 108 Å². The molecule has 0 aromatic carbocycles. The minimum atomic E-state index is -0.943. The van der Waals surface area contributed by atoms with Crippen LogP contribution in [0.15, 0.2) is 0 Å². The summed E-state index contributed by atoms with van der Waals surface area (Å²) >= 11 is 0. The molecule has 2 bridgehead atoms. The number of rotatable bonds is 4. The lowest BCUT2D eigenvalue weighted by molar-refractivity contribution is -0.139. The van der Waals surface area contributed by atoms with Crippen LogP contribution in [0, 0.1) is 11.8 Å². The van der Waals surface area contributed by atoms with Gasteiger partial charge < -0.3 is 15.3 Å². The molecule has 0 radical (unpaired) electrons. The molecule has 1 heterocycles. The van der Waals surface area contributed by atoms with E-state index in [0.29, 0.717) is 18.4 Å². The molecular weight excluding hydrogens is 232 g/mol. The first-order chi connectivity index (χ1) is 8.47. The third-order valence-corrected chi connectivity index (χ3v) is 3.97. The van der Waals surface area contributed by atoms with Crippen LogP contribution in [-0.4, -0.2) is 40.6 Å². The molecule has 0 aromatic rings. The maximum atomic E-state index is 12.1. The highest BCUT2D eigenvalue weighted by atomic mass is 16.4. The van der Waals surface area contributed by atoms with Crippen molar-refractivity contribution in [1.29, 1.82) is 0 Å². The van der Waals surface area contributed by atoms with E-state index >= 15 is 0 Å². The monoisotopic (exact) mass is 254 g/mol. The van der Waals surface area contributed by atoms with Gasteiger partial charge in [-0.3, -0.25) is 0 Å². The highest BCUT2D eigenvalue weighted by Crippen LogP contribution is 2.37. The van der Waals surface area contributed by atoms with E-state index < -0.39 is 12.0 Å². The fraction of sp³-hybridized carbons (Fsp3) is 0.846. The molecule has 0 spiro atoms. The topological polar surface area (TPSA) is 69.6 Å². The van der Waals surface area contributed by atoms with Crippen molar-refractivity contribution >= 4 is 12.0 Å². The molecule has 102 valence electrons. The number of carbonyl (C=O) groups is 2. The van der Waals surface area contributed by atoms with Crippen LogP contribution in [0.25, 0.3) is 0 Å². The maximum absolute atomic E-state index is 12.1. The van der Waals surface area contributed by atoms with Crippen molar-refractivity contribution in [2.75, 3.05) is 6.54 Å². The van der Waals surface area contributed by atoms with Crippen molar-refractivity contribution in [1.82, 2.24) is 10.2 Å². The maximum Gasteiger partial charge on any atom is 0.326 e. The summed E-state index contributed by atoms with van der Waals surface area (Å²) < 4.78 is 0. The molecule has 3 atom stereocenters. The van der Waals surface area contributed by atoms with Gasteiger partial charge in [-0.1, -0.05) is 13.8 Å². The van der Waals surface area contributed by atoms with E-state index in [2.05, 4.69) is 5.32 Å². The quantitative estimate of drug-likeness (QED) is 0.802. The number of fused-ring (bicyclic) bond motifs is 2. The molecular formula is C13H22N2O3. The molecule has 0 aromatic heterocycles. The van der Waals surface area contributed by atoms with Gasteiger partial charge in [0.25, 0.3) is 0 Å². The van der Waals surface area contributed by atoms with Gasteiger partial charge in [-0.05, 0) is 37.5 Å². The first kappa shape index (κ1) is 13.2. The number of aliphatic carboxylic acids is 1. The normalized spacial score (nSPS) is 27.6. The molecule has 2 unspecified atom stereocenters. The van der Waals surface area contributed by atoms with Gasteiger partial charge in [0.2, 0.25) is 0 Å². The molecule has 1 aliphatic heterocycles. The van der Waals surface area contributed by atoms with E-state index in [1.165, 1.54) is 6.42 Å². The third kappa shape index (κ3) is 2.76. The molecule has 2 fully saturated rings. The number of likely N-dealkylation sites (tertiary alicyclic amines) is 1. The fourth-order valence-electron chi connectivity index (χ4n) is 3.10. The molecule has 5 heteroatoms. The summed E-state index contributed by atoms with van der Waals surface area (Å²) in [5.41, 5.74) is 0. The summed E-state index contributed by atoms with van der Waals surface area (Å²) in [5, 5.41) is 11.8. The second-order valence-corrected chi connectivity index (χ2v) is 5.96.